The Kier molecular flexibility index (Phi) is 8.08. The van der Waals surface area contributed by atoms with Gasteiger partial charge in [-0.2, -0.15) is 0 Å². The molecule has 0 amide bonds. The van der Waals surface area contributed by atoms with Crippen molar-refractivity contribution < 1.29 is 0 Å². The maximum absolute atomic E-state index is 4.67. The molecule has 0 saturated heterocycles. The Bertz CT molecular complexity index is 1580. The van der Waals surface area contributed by atoms with E-state index in [2.05, 4.69) is 92.5 Å². The van der Waals surface area contributed by atoms with Crippen LogP contribution < -0.4 is 5.32 Å². The van der Waals surface area contributed by atoms with Gasteiger partial charge in [0.25, 0.3) is 0 Å². The molecule has 2 aromatic carbocycles. The Morgan fingerprint density at radius 3 is 2.62 bits per heavy atom. The van der Waals surface area contributed by atoms with Crippen molar-refractivity contribution in [3.8, 4) is 11.1 Å². The fourth-order valence-corrected chi connectivity index (χ4v) is 4.59. The topological polar surface area (TPSA) is 68.0 Å². The number of rotatable bonds is 6. The number of aromatic nitrogens is 4. The Labute approximate surface area is 218 Å². The monoisotopic (exact) mass is 490 g/mol. The van der Waals surface area contributed by atoms with Crippen LogP contribution in [0.3, 0.4) is 0 Å². The lowest BCUT2D eigenvalue weighted by Crippen LogP contribution is -2.10. The van der Waals surface area contributed by atoms with Crippen molar-refractivity contribution >= 4 is 39.4 Å². The lowest BCUT2D eigenvalue weighted by atomic mass is 9.97. The van der Waals surface area contributed by atoms with Gasteiger partial charge >= 0.3 is 0 Å². The zero-order valence-electron chi connectivity index (χ0n) is 22.4. The van der Waals surface area contributed by atoms with Crippen LogP contribution in [0, 0.1) is 0 Å². The summed E-state index contributed by atoms with van der Waals surface area (Å²) in [6, 6.07) is 14.9. The van der Waals surface area contributed by atoms with Gasteiger partial charge in [-0.3, -0.25) is 19.9 Å². The van der Waals surface area contributed by atoms with Crippen LogP contribution in [0.25, 0.3) is 38.6 Å². The van der Waals surface area contributed by atoms with E-state index in [0.717, 1.165) is 44.5 Å². The molecule has 0 saturated carbocycles. The summed E-state index contributed by atoms with van der Waals surface area (Å²) >= 11 is 0. The highest BCUT2D eigenvalue weighted by atomic mass is 14.9. The quantitative estimate of drug-likeness (QED) is 0.250. The molecule has 1 N–H and O–H groups in total. The normalized spacial score (nSPS) is 12.5. The Hall–Kier alpha value is -4.32. The van der Waals surface area contributed by atoms with E-state index >= 15 is 0 Å². The number of pyridine rings is 1. The first-order valence-electron chi connectivity index (χ1n) is 12.7. The highest BCUT2D eigenvalue weighted by Crippen LogP contribution is 2.34. The van der Waals surface area contributed by atoms with Crippen LogP contribution in [-0.2, 0) is 7.05 Å². The van der Waals surface area contributed by atoms with E-state index in [0.29, 0.717) is 0 Å². The highest BCUT2D eigenvalue weighted by Gasteiger charge is 2.15. The summed E-state index contributed by atoms with van der Waals surface area (Å²) < 4.78 is 2.14. The first kappa shape index (κ1) is 25.8. The Balaban J connectivity index is 0.00000156. The molecule has 5 aromatic rings. The molecule has 3 aromatic heterocycles. The zero-order valence-corrected chi connectivity index (χ0v) is 22.4. The van der Waals surface area contributed by atoms with Crippen LogP contribution in [0.15, 0.2) is 84.5 Å². The van der Waals surface area contributed by atoms with Gasteiger partial charge in [-0.1, -0.05) is 32.1 Å². The van der Waals surface area contributed by atoms with Crippen molar-refractivity contribution in [2.45, 2.75) is 33.7 Å². The van der Waals surface area contributed by atoms with Crippen LogP contribution in [0.2, 0.25) is 0 Å². The largest absolute Gasteiger partial charge is 0.378 e. The molecular weight excluding hydrogens is 456 g/mol. The number of nitrogens with zero attached hydrogens (tertiary/aromatic N) is 5. The van der Waals surface area contributed by atoms with Gasteiger partial charge in [0.1, 0.15) is 0 Å². The minimum Gasteiger partial charge on any atom is -0.378 e. The van der Waals surface area contributed by atoms with Crippen molar-refractivity contribution in [2.24, 2.45) is 12.0 Å². The smallest absolute Gasteiger partial charge is 0.0966 e. The van der Waals surface area contributed by atoms with E-state index in [4.69, 9.17) is 0 Å². The summed E-state index contributed by atoms with van der Waals surface area (Å²) in [5, 5.41) is 4.90. The average Bonchev–Trinajstić information content (AvgIpc) is 3.32. The molecular formula is C31H34N6. The molecule has 37 heavy (non-hydrogen) atoms. The van der Waals surface area contributed by atoms with E-state index < -0.39 is 0 Å². The molecule has 6 heteroatoms. The number of aryl methyl sites for hydroxylation is 1. The number of allylic oxidation sites excluding steroid dienone is 2. The van der Waals surface area contributed by atoms with Gasteiger partial charge in [-0.15, -0.1) is 0 Å². The summed E-state index contributed by atoms with van der Waals surface area (Å²) in [5.74, 6) is 0. The third kappa shape index (κ3) is 5.28. The zero-order chi connectivity index (χ0) is 26.4. The van der Waals surface area contributed by atoms with Gasteiger partial charge in [0.2, 0.25) is 0 Å². The number of hydrogen-bond acceptors (Lipinski definition) is 5. The molecule has 0 radical (unpaired) electrons. The van der Waals surface area contributed by atoms with E-state index in [1.54, 1.807) is 19.4 Å². The van der Waals surface area contributed by atoms with Gasteiger partial charge in [-0.25, -0.2) is 0 Å². The molecule has 0 bridgehead atoms. The summed E-state index contributed by atoms with van der Waals surface area (Å²) in [5.41, 5.74) is 9.35. The second-order valence-electron chi connectivity index (χ2n) is 8.61. The van der Waals surface area contributed by atoms with Crippen LogP contribution in [-0.4, -0.2) is 32.8 Å². The van der Waals surface area contributed by atoms with Gasteiger partial charge < -0.3 is 9.88 Å². The highest BCUT2D eigenvalue weighted by molar-refractivity contribution is 6.10. The lowest BCUT2D eigenvalue weighted by molar-refractivity contribution is 0.872. The summed E-state index contributed by atoms with van der Waals surface area (Å²) in [4.78, 5) is 17.9. The minimum atomic E-state index is 0.0104. The minimum absolute atomic E-state index is 0.0104. The molecule has 1 unspecified atom stereocenters. The lowest BCUT2D eigenvalue weighted by Gasteiger charge is -2.20. The van der Waals surface area contributed by atoms with E-state index in [1.165, 1.54) is 10.9 Å². The predicted molar refractivity (Wildman–Crippen MR) is 157 cm³/mol. The van der Waals surface area contributed by atoms with E-state index in [-0.39, 0.29) is 6.04 Å². The molecule has 0 aliphatic heterocycles. The first-order chi connectivity index (χ1) is 18.1. The number of fused-ring (bicyclic) bond motifs is 2. The van der Waals surface area contributed by atoms with Crippen molar-refractivity contribution in [3.63, 3.8) is 0 Å². The molecule has 0 fully saturated rings. The maximum Gasteiger partial charge on any atom is 0.0966 e. The van der Waals surface area contributed by atoms with Gasteiger partial charge in [0.15, 0.2) is 0 Å². The second kappa shape index (κ2) is 11.6. The van der Waals surface area contributed by atoms with Crippen molar-refractivity contribution in [3.05, 3.63) is 90.7 Å². The SMILES string of the molecule is C/C=C(\C=NC)c1ccncc1C(C)Nc1cc(-c2ccc3ccn(C)c3c2)c2nccnc2c1.CC. The molecule has 5 rings (SSSR count). The predicted octanol–water partition coefficient (Wildman–Crippen LogP) is 7.49. The third-order valence-electron chi connectivity index (χ3n) is 6.36. The van der Waals surface area contributed by atoms with Crippen molar-refractivity contribution in [2.75, 3.05) is 12.4 Å². The van der Waals surface area contributed by atoms with Crippen molar-refractivity contribution in [1.82, 2.24) is 19.5 Å². The molecule has 3 heterocycles. The van der Waals surface area contributed by atoms with Crippen LogP contribution in [0.4, 0.5) is 5.69 Å². The second-order valence-corrected chi connectivity index (χ2v) is 8.61. The number of aliphatic imine (C=N–C) groups is 1. The van der Waals surface area contributed by atoms with Crippen LogP contribution in [0.1, 0.15) is 44.9 Å². The number of nitrogens with one attached hydrogen (secondary N) is 1. The number of anilines is 1. The molecule has 6 nitrogen and oxygen atoms in total. The Morgan fingerprint density at radius 1 is 1.03 bits per heavy atom. The van der Waals surface area contributed by atoms with E-state index in [9.17, 15) is 0 Å². The molecule has 0 aliphatic carbocycles. The molecule has 0 spiro atoms. The molecule has 1 atom stereocenters. The Morgan fingerprint density at radius 2 is 1.84 bits per heavy atom. The van der Waals surface area contributed by atoms with Gasteiger partial charge in [0, 0.05) is 73.6 Å². The summed E-state index contributed by atoms with van der Waals surface area (Å²) in [7, 11) is 3.86. The maximum atomic E-state index is 4.67. The van der Waals surface area contributed by atoms with Gasteiger partial charge in [-0.05, 0) is 66.3 Å². The third-order valence-corrected chi connectivity index (χ3v) is 6.36. The standard InChI is InChI=1S/C29H28N6.C2H6/c1-5-20(17-30-3)24-8-10-31-18-26(24)19(2)34-23-15-25(29-27(16-23)32-11-12-33-29)22-7-6-21-9-13-35(4)28(21)14-22;1-2/h5-19,34H,1-4H3;1-2H3/b20-5+,30-17?;. The van der Waals surface area contributed by atoms with Crippen LogP contribution in [0.5, 0.6) is 0 Å². The number of hydrogen-bond donors (Lipinski definition) is 1. The number of benzene rings is 2. The van der Waals surface area contributed by atoms with Crippen molar-refractivity contribution in [1.29, 1.82) is 0 Å². The summed E-state index contributed by atoms with van der Waals surface area (Å²) in [6.45, 7) is 8.17. The van der Waals surface area contributed by atoms with Gasteiger partial charge in [0.05, 0.1) is 17.1 Å². The fourth-order valence-electron chi connectivity index (χ4n) is 4.59. The van der Waals surface area contributed by atoms with E-state index in [1.807, 2.05) is 45.4 Å². The first-order valence-corrected chi connectivity index (χ1v) is 12.7. The molecule has 0 aliphatic rings. The fraction of sp³-hybridized carbons (Fsp3) is 0.226. The summed E-state index contributed by atoms with van der Waals surface area (Å²) in [6.07, 6.45) is 13.3. The molecule has 188 valence electrons. The van der Waals surface area contributed by atoms with Crippen LogP contribution >= 0.6 is 0 Å². The average molecular weight is 491 g/mol.